The minimum Gasteiger partial charge on any atom is -0.491 e. The van der Waals surface area contributed by atoms with Crippen LogP contribution in [-0.4, -0.2) is 112 Å². The summed E-state index contributed by atoms with van der Waals surface area (Å²) in [5.41, 5.74) is 6.35. The summed E-state index contributed by atoms with van der Waals surface area (Å²) in [7, 11) is 0. The number of nitrogens with one attached hydrogen (secondary N) is 1. The molecular formula is C25H44N2O8. The molecule has 2 rings (SSSR count). The highest BCUT2D eigenvalue weighted by Crippen LogP contribution is 2.12. The van der Waals surface area contributed by atoms with E-state index in [1.54, 1.807) is 12.1 Å². The molecule has 1 aromatic rings. The number of rotatable bonds is 23. The lowest BCUT2D eigenvalue weighted by Gasteiger charge is -2.22. The minimum atomic E-state index is 0.377. The predicted molar refractivity (Wildman–Crippen MR) is 133 cm³/mol. The van der Waals surface area contributed by atoms with E-state index in [0.29, 0.717) is 104 Å². The van der Waals surface area contributed by atoms with Crippen LogP contribution in [0.3, 0.4) is 0 Å². The Kier molecular flexibility index (Phi) is 18.5. The summed E-state index contributed by atoms with van der Waals surface area (Å²) in [6, 6.07) is 7.28. The van der Waals surface area contributed by atoms with Crippen LogP contribution in [0.5, 0.6) is 5.75 Å². The monoisotopic (exact) mass is 500 g/mol. The molecule has 0 bridgehead atoms. The van der Waals surface area contributed by atoms with Crippen molar-refractivity contribution in [2.24, 2.45) is 0 Å². The van der Waals surface area contributed by atoms with E-state index in [-0.39, 0.29) is 0 Å². The first kappa shape index (κ1) is 29.7. The molecule has 202 valence electrons. The van der Waals surface area contributed by atoms with Crippen molar-refractivity contribution in [3.8, 4) is 5.75 Å². The van der Waals surface area contributed by atoms with Crippen molar-refractivity contribution in [2.75, 3.05) is 111 Å². The van der Waals surface area contributed by atoms with Gasteiger partial charge >= 0.3 is 0 Å². The quantitative estimate of drug-likeness (QED) is 0.169. The maximum Gasteiger partial charge on any atom is 0.119 e. The van der Waals surface area contributed by atoms with Crippen LogP contribution in [0, 0.1) is 0 Å². The highest BCUT2D eigenvalue weighted by Gasteiger charge is 2.12. The first-order valence-corrected chi connectivity index (χ1v) is 12.6. The Morgan fingerprint density at radius 2 is 0.971 bits per heavy atom. The number of nitrogens with two attached hydrogens (primary N) is 1. The Bertz CT molecular complexity index is 587. The third kappa shape index (κ3) is 17.6. The van der Waals surface area contributed by atoms with Crippen LogP contribution in [-0.2, 0) is 33.2 Å². The first-order chi connectivity index (χ1) is 17.3. The molecule has 0 amide bonds. The lowest BCUT2D eigenvalue weighted by molar-refractivity contribution is -0.0308. The normalized spacial score (nSPS) is 14.4. The van der Waals surface area contributed by atoms with Crippen LogP contribution in [0.25, 0.3) is 0 Å². The molecule has 10 heteroatoms. The molecule has 1 saturated heterocycles. The third-order valence-electron chi connectivity index (χ3n) is 5.10. The smallest absolute Gasteiger partial charge is 0.119 e. The Morgan fingerprint density at radius 3 is 1.43 bits per heavy atom. The highest BCUT2D eigenvalue weighted by molar-refractivity contribution is 5.41. The molecule has 0 spiro atoms. The van der Waals surface area contributed by atoms with Crippen molar-refractivity contribution in [3.05, 3.63) is 24.3 Å². The van der Waals surface area contributed by atoms with Crippen LogP contribution in [0.1, 0.15) is 12.8 Å². The number of piperidine rings is 1. The van der Waals surface area contributed by atoms with Gasteiger partial charge in [-0.25, -0.2) is 0 Å². The fourth-order valence-corrected chi connectivity index (χ4v) is 3.22. The fraction of sp³-hybridized carbons (Fsp3) is 0.760. The number of nitrogen functional groups attached to an aromatic ring is 1. The molecule has 1 fully saturated rings. The van der Waals surface area contributed by atoms with Gasteiger partial charge in [-0.1, -0.05) is 0 Å². The molecule has 1 aliphatic rings. The summed E-state index contributed by atoms with van der Waals surface area (Å²) in [6.45, 7) is 9.71. The van der Waals surface area contributed by atoms with E-state index in [1.807, 2.05) is 12.1 Å². The Balaban J connectivity index is 1.18. The number of hydrogen-bond acceptors (Lipinski definition) is 10. The lowest BCUT2D eigenvalue weighted by Crippen LogP contribution is -2.33. The molecule has 1 aliphatic heterocycles. The number of hydrogen-bond donors (Lipinski definition) is 2. The second-order valence-electron chi connectivity index (χ2n) is 7.91. The number of ether oxygens (including phenoxy) is 8. The van der Waals surface area contributed by atoms with Crippen molar-refractivity contribution in [1.82, 2.24) is 5.32 Å². The van der Waals surface area contributed by atoms with Crippen molar-refractivity contribution in [3.63, 3.8) is 0 Å². The van der Waals surface area contributed by atoms with E-state index in [4.69, 9.17) is 43.6 Å². The third-order valence-corrected chi connectivity index (χ3v) is 5.10. The Labute approximate surface area is 209 Å². The Hall–Kier alpha value is -1.50. The molecule has 1 aromatic carbocycles. The second-order valence-corrected chi connectivity index (χ2v) is 7.91. The fourth-order valence-electron chi connectivity index (χ4n) is 3.22. The van der Waals surface area contributed by atoms with Crippen LogP contribution in [0.2, 0.25) is 0 Å². The zero-order valence-electron chi connectivity index (χ0n) is 21.0. The molecular weight excluding hydrogens is 456 g/mol. The van der Waals surface area contributed by atoms with E-state index in [0.717, 1.165) is 31.7 Å². The van der Waals surface area contributed by atoms with Crippen molar-refractivity contribution in [1.29, 1.82) is 0 Å². The lowest BCUT2D eigenvalue weighted by atomic mass is 10.1. The van der Waals surface area contributed by atoms with Gasteiger partial charge in [-0.2, -0.15) is 0 Å². The zero-order chi connectivity index (χ0) is 24.7. The largest absolute Gasteiger partial charge is 0.491 e. The van der Waals surface area contributed by atoms with Gasteiger partial charge in [0.2, 0.25) is 0 Å². The van der Waals surface area contributed by atoms with Crippen LogP contribution < -0.4 is 15.8 Å². The minimum absolute atomic E-state index is 0.377. The molecule has 0 unspecified atom stereocenters. The molecule has 0 aromatic heterocycles. The molecule has 0 atom stereocenters. The molecule has 0 radical (unpaired) electrons. The van der Waals surface area contributed by atoms with Gasteiger partial charge in [-0.3, -0.25) is 0 Å². The van der Waals surface area contributed by atoms with Crippen LogP contribution >= 0.6 is 0 Å². The van der Waals surface area contributed by atoms with Crippen molar-refractivity contribution < 1.29 is 37.9 Å². The van der Waals surface area contributed by atoms with Crippen LogP contribution in [0.4, 0.5) is 5.69 Å². The van der Waals surface area contributed by atoms with Crippen molar-refractivity contribution >= 4 is 5.69 Å². The van der Waals surface area contributed by atoms with Gasteiger partial charge in [0.1, 0.15) is 12.4 Å². The van der Waals surface area contributed by atoms with Gasteiger partial charge in [0.05, 0.1) is 92.0 Å². The average Bonchev–Trinajstić information content (AvgIpc) is 2.88. The molecule has 0 saturated carbocycles. The summed E-state index contributed by atoms with van der Waals surface area (Å²) in [5.74, 6) is 0.780. The molecule has 1 heterocycles. The van der Waals surface area contributed by atoms with E-state index in [9.17, 15) is 0 Å². The summed E-state index contributed by atoms with van der Waals surface area (Å²) in [5, 5.41) is 3.33. The Morgan fingerprint density at radius 1 is 0.571 bits per heavy atom. The molecule has 3 N–H and O–H groups in total. The predicted octanol–water partition coefficient (Wildman–Crippen LogP) is 1.52. The molecule has 0 aliphatic carbocycles. The summed E-state index contributed by atoms with van der Waals surface area (Å²) in [6.07, 6.45) is 2.55. The van der Waals surface area contributed by atoms with Gasteiger partial charge in [0, 0.05) is 5.69 Å². The van der Waals surface area contributed by atoms with Gasteiger partial charge in [0.25, 0.3) is 0 Å². The van der Waals surface area contributed by atoms with E-state index in [1.165, 1.54) is 0 Å². The van der Waals surface area contributed by atoms with Crippen LogP contribution in [0.15, 0.2) is 24.3 Å². The van der Waals surface area contributed by atoms with Gasteiger partial charge in [-0.05, 0) is 50.2 Å². The highest BCUT2D eigenvalue weighted by atomic mass is 16.6. The summed E-state index contributed by atoms with van der Waals surface area (Å²) >= 11 is 0. The molecule has 35 heavy (non-hydrogen) atoms. The SMILES string of the molecule is Nc1ccc(OCCOCCOCCOCCOCCOCCOCCOC2CCNCC2)cc1. The zero-order valence-corrected chi connectivity index (χ0v) is 21.0. The summed E-state index contributed by atoms with van der Waals surface area (Å²) in [4.78, 5) is 0. The van der Waals surface area contributed by atoms with Crippen molar-refractivity contribution in [2.45, 2.75) is 18.9 Å². The number of anilines is 1. The molecule has 10 nitrogen and oxygen atoms in total. The van der Waals surface area contributed by atoms with E-state index < -0.39 is 0 Å². The second kappa shape index (κ2) is 21.8. The van der Waals surface area contributed by atoms with E-state index in [2.05, 4.69) is 5.32 Å². The first-order valence-electron chi connectivity index (χ1n) is 12.6. The van der Waals surface area contributed by atoms with Gasteiger partial charge < -0.3 is 48.9 Å². The average molecular weight is 501 g/mol. The maximum atomic E-state index is 5.78. The topological polar surface area (TPSA) is 112 Å². The summed E-state index contributed by atoms with van der Waals surface area (Å²) < 4.78 is 44.2. The van der Waals surface area contributed by atoms with E-state index >= 15 is 0 Å². The van der Waals surface area contributed by atoms with Gasteiger partial charge in [0.15, 0.2) is 0 Å². The number of benzene rings is 1. The standard InChI is InChI=1S/C25H44N2O8/c26-23-1-3-24(4-2-23)34-21-19-32-17-15-30-13-11-28-9-10-29-12-14-31-16-18-33-20-22-35-25-5-7-27-8-6-25/h1-4,25,27H,5-22,26H2. The maximum absolute atomic E-state index is 5.78. The van der Waals surface area contributed by atoms with Gasteiger partial charge in [-0.15, -0.1) is 0 Å².